The summed E-state index contributed by atoms with van der Waals surface area (Å²) in [4.78, 5) is 19.7. The van der Waals surface area contributed by atoms with Crippen molar-refractivity contribution in [3.63, 3.8) is 0 Å². The zero-order valence-electron chi connectivity index (χ0n) is 14.1. The van der Waals surface area contributed by atoms with Crippen molar-refractivity contribution in [3.05, 3.63) is 64.9 Å². The second-order valence-electron chi connectivity index (χ2n) is 7.01. The molecule has 0 radical (unpaired) electrons. The molecule has 1 atom stereocenters. The molecule has 25 heavy (non-hydrogen) atoms. The minimum absolute atomic E-state index is 0.0624. The Balaban J connectivity index is 1.59. The third-order valence-electron chi connectivity index (χ3n) is 5.24. The van der Waals surface area contributed by atoms with Crippen LogP contribution in [-0.2, 0) is 10.3 Å². The topological polar surface area (TPSA) is 45.2 Å². The van der Waals surface area contributed by atoms with Gasteiger partial charge in [-0.3, -0.25) is 14.7 Å². The highest BCUT2D eigenvalue weighted by Crippen LogP contribution is 2.46. The molecule has 2 aromatic rings. The number of likely N-dealkylation sites (tertiary alicyclic amines) is 1. The van der Waals surface area contributed by atoms with E-state index in [-0.39, 0.29) is 17.5 Å². The lowest BCUT2D eigenvalue weighted by Crippen LogP contribution is -2.44. The van der Waals surface area contributed by atoms with E-state index in [2.05, 4.69) is 15.2 Å². The zero-order chi connectivity index (χ0) is 17.3. The van der Waals surface area contributed by atoms with Crippen LogP contribution in [0.1, 0.15) is 42.9 Å². The number of rotatable bonds is 5. The fourth-order valence-corrected chi connectivity index (χ4v) is 3.96. The monoisotopic (exact) mass is 355 g/mol. The molecule has 1 aliphatic heterocycles. The van der Waals surface area contributed by atoms with E-state index < -0.39 is 0 Å². The highest BCUT2D eigenvalue weighted by atomic mass is 35.5. The summed E-state index contributed by atoms with van der Waals surface area (Å²) in [5.41, 5.74) is 1.80. The quantitative estimate of drug-likeness (QED) is 0.889. The number of nitrogens with zero attached hydrogens (tertiary/aromatic N) is 2. The fraction of sp³-hybridized carbons (Fsp3) is 0.400. The van der Waals surface area contributed by atoms with Gasteiger partial charge in [0.2, 0.25) is 5.91 Å². The highest BCUT2D eigenvalue weighted by Gasteiger charge is 2.47. The van der Waals surface area contributed by atoms with E-state index in [4.69, 9.17) is 11.6 Å². The van der Waals surface area contributed by atoms with Crippen molar-refractivity contribution in [3.8, 4) is 0 Å². The Bertz CT molecular complexity index is 755. The maximum absolute atomic E-state index is 13.2. The Morgan fingerprint density at radius 1 is 1.20 bits per heavy atom. The summed E-state index contributed by atoms with van der Waals surface area (Å²) in [7, 11) is 0. The van der Waals surface area contributed by atoms with Gasteiger partial charge in [-0.05, 0) is 68.1 Å². The van der Waals surface area contributed by atoms with Gasteiger partial charge in [0.05, 0.1) is 5.54 Å². The number of nitrogens with one attached hydrogen (secondary N) is 1. The molecule has 1 saturated carbocycles. The smallest absolute Gasteiger partial charge is 0.242 e. The molecule has 1 amide bonds. The standard InChI is InChI=1S/C20H22ClN3O/c21-17-7-3-6-16(13-17)20(8-9-20)23-19(25)18(24-11-1-2-12-24)15-5-4-10-22-14-15/h3-7,10,13-14,18H,1-2,8-9,11-12H2,(H,23,25). The summed E-state index contributed by atoms with van der Waals surface area (Å²) in [5, 5.41) is 4.03. The Kier molecular flexibility index (Phi) is 4.48. The lowest BCUT2D eigenvalue weighted by molar-refractivity contribution is -0.127. The minimum Gasteiger partial charge on any atom is -0.345 e. The van der Waals surface area contributed by atoms with Gasteiger partial charge in [0.25, 0.3) is 0 Å². The number of halogens is 1. The van der Waals surface area contributed by atoms with Crippen molar-refractivity contribution in [2.24, 2.45) is 0 Å². The first-order valence-corrected chi connectivity index (χ1v) is 9.28. The summed E-state index contributed by atoms with van der Waals surface area (Å²) >= 11 is 6.15. The zero-order valence-corrected chi connectivity index (χ0v) is 14.9. The number of aromatic nitrogens is 1. The van der Waals surface area contributed by atoms with E-state index in [9.17, 15) is 4.79 Å². The molecule has 0 spiro atoms. The molecule has 2 heterocycles. The first-order chi connectivity index (χ1) is 12.2. The van der Waals surface area contributed by atoms with Gasteiger partial charge in [-0.1, -0.05) is 29.8 Å². The van der Waals surface area contributed by atoms with Gasteiger partial charge in [0.1, 0.15) is 6.04 Å². The molecule has 4 rings (SSSR count). The van der Waals surface area contributed by atoms with Crippen LogP contribution in [0.3, 0.4) is 0 Å². The second-order valence-corrected chi connectivity index (χ2v) is 7.45. The summed E-state index contributed by atoms with van der Waals surface area (Å²) in [6, 6.07) is 11.4. The maximum atomic E-state index is 13.2. The van der Waals surface area contributed by atoms with E-state index in [0.717, 1.165) is 49.9 Å². The Hall–Kier alpha value is -1.91. The summed E-state index contributed by atoms with van der Waals surface area (Å²) < 4.78 is 0. The van der Waals surface area contributed by atoms with Gasteiger partial charge in [0.15, 0.2) is 0 Å². The molecule has 2 fully saturated rings. The van der Waals surface area contributed by atoms with Crippen LogP contribution in [0.25, 0.3) is 0 Å². The van der Waals surface area contributed by atoms with E-state index in [1.54, 1.807) is 6.20 Å². The number of hydrogen-bond acceptors (Lipinski definition) is 3. The fourth-order valence-electron chi connectivity index (χ4n) is 3.77. The second kappa shape index (κ2) is 6.77. The molecule has 130 valence electrons. The number of amides is 1. The molecule has 1 aromatic carbocycles. The van der Waals surface area contributed by atoms with Crippen molar-refractivity contribution < 1.29 is 4.79 Å². The van der Waals surface area contributed by atoms with Crippen molar-refractivity contribution in [1.82, 2.24) is 15.2 Å². The van der Waals surface area contributed by atoms with E-state index in [1.165, 1.54) is 0 Å². The first-order valence-electron chi connectivity index (χ1n) is 8.90. The van der Waals surface area contributed by atoms with Crippen LogP contribution in [0, 0.1) is 0 Å². The number of pyridine rings is 1. The maximum Gasteiger partial charge on any atom is 0.242 e. The molecule has 2 aliphatic rings. The molecule has 1 aliphatic carbocycles. The number of carbonyl (C=O) groups is 1. The Morgan fingerprint density at radius 2 is 2.00 bits per heavy atom. The van der Waals surface area contributed by atoms with Gasteiger partial charge in [-0.25, -0.2) is 0 Å². The number of benzene rings is 1. The predicted molar refractivity (Wildman–Crippen MR) is 98.3 cm³/mol. The third-order valence-corrected chi connectivity index (χ3v) is 5.48. The molecule has 0 bridgehead atoms. The number of carbonyl (C=O) groups excluding carboxylic acids is 1. The van der Waals surface area contributed by atoms with Gasteiger partial charge in [-0.15, -0.1) is 0 Å². The Labute approximate surface area is 153 Å². The number of hydrogen-bond donors (Lipinski definition) is 1. The van der Waals surface area contributed by atoms with E-state index >= 15 is 0 Å². The molecule has 1 N–H and O–H groups in total. The average molecular weight is 356 g/mol. The summed E-state index contributed by atoms with van der Waals surface area (Å²) in [6.45, 7) is 1.91. The van der Waals surface area contributed by atoms with Crippen LogP contribution in [-0.4, -0.2) is 28.9 Å². The van der Waals surface area contributed by atoms with Crippen molar-refractivity contribution in [2.45, 2.75) is 37.3 Å². The average Bonchev–Trinajstić information content (AvgIpc) is 3.20. The lowest BCUT2D eigenvalue weighted by atomic mass is 10.0. The van der Waals surface area contributed by atoms with E-state index in [1.807, 2.05) is 42.6 Å². The largest absolute Gasteiger partial charge is 0.345 e. The van der Waals surface area contributed by atoms with Crippen LogP contribution in [0.15, 0.2) is 48.8 Å². The summed E-state index contributed by atoms with van der Waals surface area (Å²) in [6.07, 6.45) is 7.75. The van der Waals surface area contributed by atoms with Gasteiger partial charge < -0.3 is 5.32 Å². The Morgan fingerprint density at radius 3 is 2.64 bits per heavy atom. The predicted octanol–water partition coefficient (Wildman–Crippen LogP) is 3.68. The van der Waals surface area contributed by atoms with E-state index in [0.29, 0.717) is 5.02 Å². The SMILES string of the molecule is O=C(NC1(c2cccc(Cl)c2)CC1)C(c1cccnc1)N1CCCC1. The van der Waals surface area contributed by atoms with Crippen LogP contribution < -0.4 is 5.32 Å². The van der Waals surface area contributed by atoms with Gasteiger partial charge >= 0.3 is 0 Å². The van der Waals surface area contributed by atoms with Crippen LogP contribution in [0.4, 0.5) is 0 Å². The van der Waals surface area contributed by atoms with Crippen molar-refractivity contribution in [2.75, 3.05) is 13.1 Å². The molecule has 4 nitrogen and oxygen atoms in total. The third kappa shape index (κ3) is 3.42. The van der Waals surface area contributed by atoms with Crippen LogP contribution >= 0.6 is 11.6 Å². The summed E-state index contributed by atoms with van der Waals surface area (Å²) in [5.74, 6) is 0.0624. The molecular weight excluding hydrogens is 334 g/mol. The first kappa shape index (κ1) is 16.6. The van der Waals surface area contributed by atoms with Crippen LogP contribution in [0.5, 0.6) is 0 Å². The minimum atomic E-state index is -0.271. The van der Waals surface area contributed by atoms with Crippen LogP contribution in [0.2, 0.25) is 5.02 Å². The van der Waals surface area contributed by atoms with Gasteiger partial charge in [0, 0.05) is 17.4 Å². The molecule has 1 aromatic heterocycles. The highest BCUT2D eigenvalue weighted by molar-refractivity contribution is 6.30. The normalized spacial score (nSPS) is 20.2. The lowest BCUT2D eigenvalue weighted by Gasteiger charge is -2.29. The molecule has 1 saturated heterocycles. The molecule has 5 heteroatoms. The van der Waals surface area contributed by atoms with Crippen molar-refractivity contribution in [1.29, 1.82) is 0 Å². The molecule has 1 unspecified atom stereocenters. The van der Waals surface area contributed by atoms with Gasteiger partial charge in [-0.2, -0.15) is 0 Å². The van der Waals surface area contributed by atoms with Crippen molar-refractivity contribution >= 4 is 17.5 Å². The molecular formula is C20H22ClN3O.